The molecule has 1 N–H and O–H groups in total. The van der Waals surface area contributed by atoms with Gasteiger partial charge in [0.2, 0.25) is 5.95 Å². The van der Waals surface area contributed by atoms with Crippen molar-refractivity contribution < 1.29 is 0 Å². The van der Waals surface area contributed by atoms with Crippen LogP contribution in [0.4, 0.5) is 5.95 Å². The third-order valence-electron chi connectivity index (χ3n) is 4.65. The summed E-state index contributed by atoms with van der Waals surface area (Å²) in [6.07, 6.45) is 3.63. The molecular formula is C19H19BrN4. The molecule has 1 aliphatic rings. The third-order valence-corrected chi connectivity index (χ3v) is 5.15. The molecule has 2 atom stereocenters. The van der Waals surface area contributed by atoms with Gasteiger partial charge < -0.3 is 5.32 Å². The van der Waals surface area contributed by atoms with Gasteiger partial charge in [0.15, 0.2) is 0 Å². The second-order valence-electron chi connectivity index (χ2n) is 6.13. The number of anilines is 1. The van der Waals surface area contributed by atoms with Gasteiger partial charge >= 0.3 is 0 Å². The van der Waals surface area contributed by atoms with Gasteiger partial charge in [0.25, 0.3) is 0 Å². The number of benzene rings is 2. The van der Waals surface area contributed by atoms with Crippen molar-refractivity contribution in [1.82, 2.24) is 14.8 Å². The molecule has 0 saturated heterocycles. The van der Waals surface area contributed by atoms with Gasteiger partial charge in [-0.1, -0.05) is 59.3 Å². The molecule has 0 radical (unpaired) electrons. The third kappa shape index (κ3) is 2.84. The van der Waals surface area contributed by atoms with E-state index >= 15 is 0 Å². The molecule has 0 fully saturated rings. The number of nitrogens with zero attached hydrogens (tertiary/aromatic N) is 3. The van der Waals surface area contributed by atoms with Gasteiger partial charge in [-0.25, -0.2) is 4.68 Å². The van der Waals surface area contributed by atoms with Crippen LogP contribution in [0.5, 0.6) is 0 Å². The summed E-state index contributed by atoms with van der Waals surface area (Å²) in [7, 11) is 0. The van der Waals surface area contributed by atoms with E-state index in [1.807, 2.05) is 10.7 Å². The van der Waals surface area contributed by atoms with Crippen molar-refractivity contribution >= 4 is 21.9 Å². The molecule has 0 aliphatic carbocycles. The Morgan fingerprint density at radius 2 is 2.00 bits per heavy atom. The van der Waals surface area contributed by atoms with Crippen LogP contribution in [0, 0.1) is 0 Å². The van der Waals surface area contributed by atoms with E-state index in [0.29, 0.717) is 0 Å². The van der Waals surface area contributed by atoms with Gasteiger partial charge in [0, 0.05) is 4.47 Å². The van der Waals surface area contributed by atoms with E-state index in [4.69, 9.17) is 0 Å². The second-order valence-corrected chi connectivity index (χ2v) is 7.04. The molecule has 0 spiro atoms. The van der Waals surface area contributed by atoms with Crippen molar-refractivity contribution in [2.24, 2.45) is 0 Å². The molecule has 122 valence electrons. The van der Waals surface area contributed by atoms with Crippen LogP contribution in [-0.2, 0) is 6.42 Å². The SMILES string of the molecule is CCc1ccc([C@@H]2C[C@@H](c3cccc(Br)c3)n3ncnc3N2)cc1. The largest absolute Gasteiger partial charge is 0.348 e. The van der Waals surface area contributed by atoms with E-state index < -0.39 is 0 Å². The van der Waals surface area contributed by atoms with Crippen LogP contribution >= 0.6 is 15.9 Å². The Kier molecular flexibility index (Phi) is 4.10. The Bertz CT molecular complexity index is 841. The predicted octanol–water partition coefficient (Wildman–Crippen LogP) is 4.75. The smallest absolute Gasteiger partial charge is 0.222 e. The first kappa shape index (κ1) is 15.4. The minimum absolute atomic E-state index is 0.178. The van der Waals surface area contributed by atoms with Crippen LogP contribution < -0.4 is 5.32 Å². The fourth-order valence-corrected chi connectivity index (χ4v) is 3.73. The number of hydrogen-bond donors (Lipinski definition) is 1. The van der Waals surface area contributed by atoms with E-state index in [9.17, 15) is 0 Å². The zero-order valence-corrected chi connectivity index (χ0v) is 15.1. The van der Waals surface area contributed by atoms with Crippen molar-refractivity contribution in [3.63, 3.8) is 0 Å². The number of fused-ring (bicyclic) bond motifs is 1. The van der Waals surface area contributed by atoms with Gasteiger partial charge in [-0.3, -0.25) is 0 Å². The summed E-state index contributed by atoms with van der Waals surface area (Å²) < 4.78 is 3.07. The van der Waals surface area contributed by atoms with Crippen LogP contribution in [0.2, 0.25) is 0 Å². The maximum atomic E-state index is 4.43. The fourth-order valence-electron chi connectivity index (χ4n) is 3.32. The van der Waals surface area contributed by atoms with Crippen LogP contribution in [0.1, 0.15) is 42.1 Å². The van der Waals surface area contributed by atoms with Crippen molar-refractivity contribution in [3.8, 4) is 0 Å². The Morgan fingerprint density at radius 1 is 1.17 bits per heavy atom. The molecule has 0 unspecified atom stereocenters. The molecule has 5 heteroatoms. The summed E-state index contributed by atoms with van der Waals surface area (Å²) in [5, 5.41) is 7.95. The highest BCUT2D eigenvalue weighted by atomic mass is 79.9. The first-order chi connectivity index (χ1) is 11.7. The van der Waals surface area contributed by atoms with E-state index in [1.54, 1.807) is 6.33 Å². The molecule has 4 rings (SSSR count). The lowest BCUT2D eigenvalue weighted by atomic mass is 9.93. The van der Waals surface area contributed by atoms with Crippen molar-refractivity contribution in [3.05, 3.63) is 76.0 Å². The van der Waals surface area contributed by atoms with Gasteiger partial charge in [0.05, 0.1) is 12.1 Å². The lowest BCUT2D eigenvalue weighted by Gasteiger charge is -2.32. The minimum atomic E-state index is 0.178. The highest BCUT2D eigenvalue weighted by Crippen LogP contribution is 2.37. The average molecular weight is 383 g/mol. The van der Waals surface area contributed by atoms with Crippen molar-refractivity contribution in [2.75, 3.05) is 5.32 Å². The molecule has 2 heterocycles. The van der Waals surface area contributed by atoms with Crippen LogP contribution in [0.25, 0.3) is 0 Å². The molecule has 0 bridgehead atoms. The molecule has 1 aromatic heterocycles. The Balaban J connectivity index is 1.70. The molecule has 1 aliphatic heterocycles. The standard InChI is InChI=1S/C19H19BrN4/c1-2-13-6-8-14(9-7-13)17-11-18(15-4-3-5-16(20)10-15)24-19(23-17)21-12-22-24/h3-10,12,17-18H,2,11H2,1H3,(H,21,22,23)/t17-,18-/m0/s1. The highest BCUT2D eigenvalue weighted by molar-refractivity contribution is 9.10. The summed E-state index contributed by atoms with van der Waals surface area (Å²) in [6, 6.07) is 17.7. The summed E-state index contributed by atoms with van der Waals surface area (Å²) in [6.45, 7) is 2.18. The lowest BCUT2D eigenvalue weighted by molar-refractivity contribution is 0.430. The van der Waals surface area contributed by atoms with Crippen molar-refractivity contribution in [2.45, 2.75) is 31.8 Å². The number of rotatable bonds is 3. The number of halogens is 1. The first-order valence-corrected chi connectivity index (χ1v) is 9.04. The maximum absolute atomic E-state index is 4.43. The highest BCUT2D eigenvalue weighted by Gasteiger charge is 2.29. The zero-order chi connectivity index (χ0) is 16.5. The number of hydrogen-bond acceptors (Lipinski definition) is 3. The van der Waals surface area contributed by atoms with E-state index in [0.717, 1.165) is 23.3 Å². The molecule has 4 nitrogen and oxygen atoms in total. The summed E-state index contributed by atoms with van der Waals surface area (Å²) in [5.74, 6) is 0.829. The van der Waals surface area contributed by atoms with E-state index in [2.05, 4.69) is 80.7 Å². The monoisotopic (exact) mass is 382 g/mol. The van der Waals surface area contributed by atoms with Gasteiger partial charge in [-0.05, 0) is 41.7 Å². The molecular weight excluding hydrogens is 364 g/mol. The lowest BCUT2D eigenvalue weighted by Crippen LogP contribution is -2.28. The summed E-state index contributed by atoms with van der Waals surface area (Å²) >= 11 is 3.57. The first-order valence-electron chi connectivity index (χ1n) is 8.25. The summed E-state index contributed by atoms with van der Waals surface area (Å²) in [5.41, 5.74) is 3.90. The molecule has 0 saturated carbocycles. The molecule has 3 aromatic rings. The Labute approximate surface area is 150 Å². The van der Waals surface area contributed by atoms with Crippen LogP contribution in [0.15, 0.2) is 59.3 Å². The second kappa shape index (κ2) is 6.40. The summed E-state index contributed by atoms with van der Waals surface area (Å²) in [4.78, 5) is 4.39. The molecule has 24 heavy (non-hydrogen) atoms. The van der Waals surface area contributed by atoms with E-state index in [-0.39, 0.29) is 12.1 Å². The molecule has 2 aromatic carbocycles. The normalized spacial score (nSPS) is 19.6. The van der Waals surface area contributed by atoms with E-state index in [1.165, 1.54) is 16.7 Å². The number of nitrogens with one attached hydrogen (secondary N) is 1. The Morgan fingerprint density at radius 3 is 2.75 bits per heavy atom. The average Bonchev–Trinajstić information content (AvgIpc) is 3.09. The fraction of sp³-hybridized carbons (Fsp3) is 0.263. The maximum Gasteiger partial charge on any atom is 0.222 e. The predicted molar refractivity (Wildman–Crippen MR) is 99.1 cm³/mol. The van der Waals surface area contributed by atoms with Crippen LogP contribution in [-0.4, -0.2) is 14.8 Å². The zero-order valence-electron chi connectivity index (χ0n) is 13.5. The topological polar surface area (TPSA) is 42.7 Å². The molecule has 0 amide bonds. The van der Waals surface area contributed by atoms with Gasteiger partial charge in [0.1, 0.15) is 6.33 Å². The van der Waals surface area contributed by atoms with Crippen LogP contribution in [0.3, 0.4) is 0 Å². The minimum Gasteiger partial charge on any atom is -0.348 e. The van der Waals surface area contributed by atoms with Crippen molar-refractivity contribution in [1.29, 1.82) is 0 Å². The van der Waals surface area contributed by atoms with Gasteiger partial charge in [-0.15, -0.1) is 0 Å². The quantitative estimate of drug-likeness (QED) is 0.710. The van der Waals surface area contributed by atoms with Gasteiger partial charge in [-0.2, -0.15) is 10.1 Å². The number of aryl methyl sites for hydroxylation is 1. The number of aromatic nitrogens is 3. The Hall–Kier alpha value is -2.14.